The summed E-state index contributed by atoms with van der Waals surface area (Å²) < 4.78 is 1.68. The number of piperazine rings is 1. The van der Waals surface area contributed by atoms with Crippen LogP contribution in [0.25, 0.3) is 16.5 Å². The summed E-state index contributed by atoms with van der Waals surface area (Å²) in [6.07, 6.45) is 8.79. The van der Waals surface area contributed by atoms with Crippen LogP contribution in [0.2, 0.25) is 0 Å². The molecule has 0 unspecified atom stereocenters. The van der Waals surface area contributed by atoms with Crippen molar-refractivity contribution in [2.75, 3.05) is 26.2 Å². The van der Waals surface area contributed by atoms with Crippen molar-refractivity contribution in [3.63, 3.8) is 0 Å². The summed E-state index contributed by atoms with van der Waals surface area (Å²) in [7, 11) is 0. The maximum absolute atomic E-state index is 13.2. The van der Waals surface area contributed by atoms with E-state index in [1.165, 1.54) is 25.7 Å². The lowest BCUT2D eigenvalue weighted by Crippen LogP contribution is -2.51. The van der Waals surface area contributed by atoms with Crippen LogP contribution in [0, 0.1) is 13.8 Å². The number of carbonyl (C=O) groups is 1. The molecule has 8 heteroatoms. The van der Waals surface area contributed by atoms with Crippen molar-refractivity contribution in [3.8, 4) is 16.5 Å². The number of thiophene rings is 1. The first kappa shape index (κ1) is 20.3. The third-order valence-electron chi connectivity index (χ3n) is 6.59. The molecule has 1 amide bonds. The van der Waals surface area contributed by atoms with Crippen LogP contribution in [-0.2, 0) is 0 Å². The van der Waals surface area contributed by atoms with Crippen molar-refractivity contribution in [1.29, 1.82) is 0 Å². The van der Waals surface area contributed by atoms with Gasteiger partial charge in [-0.2, -0.15) is 5.10 Å². The van der Waals surface area contributed by atoms with Gasteiger partial charge in [-0.1, -0.05) is 18.9 Å². The molecule has 0 N–H and O–H groups in total. The van der Waals surface area contributed by atoms with Gasteiger partial charge in [-0.15, -0.1) is 11.3 Å². The van der Waals surface area contributed by atoms with E-state index in [4.69, 9.17) is 4.98 Å². The van der Waals surface area contributed by atoms with Gasteiger partial charge in [0.25, 0.3) is 11.9 Å². The fourth-order valence-corrected chi connectivity index (χ4v) is 5.53. The Balaban J connectivity index is 1.33. The van der Waals surface area contributed by atoms with Crippen LogP contribution < -0.4 is 0 Å². The lowest BCUT2D eigenvalue weighted by atomic mass is 10.1. The first-order chi connectivity index (χ1) is 15.1. The molecule has 3 aromatic heterocycles. The minimum absolute atomic E-state index is 0.0559. The first-order valence-corrected chi connectivity index (χ1v) is 12.0. The van der Waals surface area contributed by atoms with Crippen LogP contribution in [0.5, 0.6) is 0 Å². The third-order valence-corrected chi connectivity index (χ3v) is 7.46. The van der Waals surface area contributed by atoms with Gasteiger partial charge in [0, 0.05) is 38.4 Å². The van der Waals surface area contributed by atoms with E-state index in [-0.39, 0.29) is 5.91 Å². The van der Waals surface area contributed by atoms with Crippen molar-refractivity contribution in [3.05, 3.63) is 46.7 Å². The lowest BCUT2D eigenvalue weighted by molar-refractivity contribution is 0.0572. The minimum Gasteiger partial charge on any atom is -0.336 e. The Labute approximate surface area is 186 Å². The maximum Gasteiger partial charge on any atom is 0.257 e. The van der Waals surface area contributed by atoms with Crippen molar-refractivity contribution >= 4 is 17.2 Å². The van der Waals surface area contributed by atoms with E-state index in [1.807, 2.05) is 36.4 Å². The molecule has 162 valence electrons. The van der Waals surface area contributed by atoms with Gasteiger partial charge in [0.2, 0.25) is 0 Å². The van der Waals surface area contributed by atoms with E-state index in [0.717, 1.165) is 54.0 Å². The molecule has 2 fully saturated rings. The van der Waals surface area contributed by atoms with Gasteiger partial charge in [-0.3, -0.25) is 9.69 Å². The van der Waals surface area contributed by atoms with Gasteiger partial charge >= 0.3 is 0 Å². The molecule has 4 heterocycles. The van der Waals surface area contributed by atoms with Crippen LogP contribution in [0.1, 0.15) is 47.3 Å². The topological polar surface area (TPSA) is 67.2 Å². The van der Waals surface area contributed by atoms with Gasteiger partial charge < -0.3 is 4.90 Å². The molecule has 3 aromatic rings. The fraction of sp³-hybridized carbons (Fsp3) is 0.478. The zero-order valence-electron chi connectivity index (χ0n) is 18.1. The molecule has 0 spiro atoms. The molecule has 7 nitrogen and oxygen atoms in total. The first-order valence-electron chi connectivity index (χ1n) is 11.1. The standard InChI is InChI=1S/C23H28N6OS/c1-16-14-24-23(26-21(16)20-8-5-13-31-20)29-17(2)19(15-25-29)22(30)28-11-9-27(10-12-28)18-6-3-4-7-18/h5,8,13-15,18H,3-4,6-7,9-12H2,1-2H3. The van der Waals surface area contributed by atoms with E-state index < -0.39 is 0 Å². The number of aromatic nitrogens is 4. The van der Waals surface area contributed by atoms with Crippen molar-refractivity contribution in [2.45, 2.75) is 45.6 Å². The van der Waals surface area contributed by atoms with Crippen molar-refractivity contribution in [1.82, 2.24) is 29.5 Å². The second-order valence-corrected chi connectivity index (χ2v) is 9.45. The summed E-state index contributed by atoms with van der Waals surface area (Å²) >= 11 is 1.65. The number of carbonyl (C=O) groups excluding carboxylic acids is 1. The Kier molecular flexibility index (Phi) is 5.58. The molecule has 1 aliphatic carbocycles. The van der Waals surface area contributed by atoms with E-state index in [0.29, 0.717) is 11.5 Å². The molecule has 0 bridgehead atoms. The quantitative estimate of drug-likeness (QED) is 0.624. The number of hydrogen-bond donors (Lipinski definition) is 0. The van der Waals surface area contributed by atoms with Gasteiger partial charge in [0.05, 0.1) is 28.0 Å². The molecule has 1 saturated carbocycles. The van der Waals surface area contributed by atoms with E-state index in [2.05, 4.69) is 21.0 Å². The van der Waals surface area contributed by atoms with Crippen molar-refractivity contribution < 1.29 is 4.79 Å². The molecule has 31 heavy (non-hydrogen) atoms. The summed E-state index contributed by atoms with van der Waals surface area (Å²) in [5.74, 6) is 0.553. The van der Waals surface area contributed by atoms with Gasteiger partial charge in [-0.25, -0.2) is 14.6 Å². The summed E-state index contributed by atoms with van der Waals surface area (Å²) in [6, 6.07) is 4.79. The lowest BCUT2D eigenvalue weighted by Gasteiger charge is -2.38. The molecular weight excluding hydrogens is 408 g/mol. The Morgan fingerprint density at radius 2 is 1.87 bits per heavy atom. The van der Waals surface area contributed by atoms with Gasteiger partial charge in [0.15, 0.2) is 0 Å². The van der Waals surface area contributed by atoms with E-state index in [1.54, 1.807) is 22.2 Å². The molecule has 1 aliphatic heterocycles. The third kappa shape index (κ3) is 3.90. The Morgan fingerprint density at radius 3 is 2.58 bits per heavy atom. The largest absolute Gasteiger partial charge is 0.336 e. The second kappa shape index (κ2) is 8.51. The SMILES string of the molecule is Cc1cnc(-n2ncc(C(=O)N3CCN(C4CCCC4)CC3)c2C)nc1-c1cccs1. The van der Waals surface area contributed by atoms with E-state index >= 15 is 0 Å². The maximum atomic E-state index is 13.2. The monoisotopic (exact) mass is 436 g/mol. The number of nitrogens with zero attached hydrogens (tertiary/aromatic N) is 6. The van der Waals surface area contributed by atoms with E-state index in [9.17, 15) is 4.79 Å². The predicted molar refractivity (Wildman–Crippen MR) is 122 cm³/mol. The van der Waals surface area contributed by atoms with Crippen LogP contribution in [0.4, 0.5) is 0 Å². The molecule has 0 aromatic carbocycles. The van der Waals surface area contributed by atoms with Crippen molar-refractivity contribution in [2.24, 2.45) is 0 Å². The van der Waals surface area contributed by atoms with Crippen LogP contribution in [0.3, 0.4) is 0 Å². The highest BCUT2D eigenvalue weighted by Gasteiger charge is 2.29. The fourth-order valence-electron chi connectivity index (χ4n) is 4.75. The zero-order chi connectivity index (χ0) is 21.4. The number of amides is 1. The van der Waals surface area contributed by atoms with Gasteiger partial charge in [-0.05, 0) is 43.7 Å². The molecule has 5 rings (SSSR count). The highest BCUT2D eigenvalue weighted by molar-refractivity contribution is 7.13. The summed E-state index contributed by atoms with van der Waals surface area (Å²) in [5.41, 5.74) is 3.35. The zero-order valence-corrected chi connectivity index (χ0v) is 18.9. The normalized spacial score (nSPS) is 18.1. The number of rotatable bonds is 4. The Bertz CT molecular complexity index is 1060. The average Bonchev–Trinajstić information content (AvgIpc) is 3.56. The molecular formula is C23H28N6OS. The van der Waals surface area contributed by atoms with Crippen LogP contribution >= 0.6 is 11.3 Å². The molecule has 0 atom stereocenters. The smallest absolute Gasteiger partial charge is 0.257 e. The van der Waals surface area contributed by atoms with Crippen LogP contribution in [0.15, 0.2) is 29.9 Å². The predicted octanol–water partition coefficient (Wildman–Crippen LogP) is 3.71. The van der Waals surface area contributed by atoms with Crippen LogP contribution in [-0.4, -0.2) is 67.7 Å². The Morgan fingerprint density at radius 1 is 1.10 bits per heavy atom. The van der Waals surface area contributed by atoms with Gasteiger partial charge in [0.1, 0.15) is 0 Å². The number of hydrogen-bond acceptors (Lipinski definition) is 6. The second-order valence-electron chi connectivity index (χ2n) is 8.50. The number of aryl methyl sites for hydroxylation is 1. The molecule has 2 aliphatic rings. The summed E-state index contributed by atoms with van der Waals surface area (Å²) in [6.45, 7) is 7.43. The average molecular weight is 437 g/mol. The summed E-state index contributed by atoms with van der Waals surface area (Å²) in [5, 5.41) is 6.51. The molecule has 0 radical (unpaired) electrons. The highest BCUT2D eigenvalue weighted by atomic mass is 32.1. The minimum atomic E-state index is 0.0559. The Hall–Kier alpha value is -2.58. The summed E-state index contributed by atoms with van der Waals surface area (Å²) in [4.78, 5) is 28.1. The molecule has 1 saturated heterocycles. The highest BCUT2D eigenvalue weighted by Crippen LogP contribution is 2.27.